The van der Waals surface area contributed by atoms with Crippen LogP contribution in [0.5, 0.6) is 0 Å². The lowest BCUT2D eigenvalue weighted by Crippen LogP contribution is -2.44. The molecule has 2 aliphatic rings. The summed E-state index contributed by atoms with van der Waals surface area (Å²) in [6, 6.07) is 2.81. The predicted molar refractivity (Wildman–Crippen MR) is 87.4 cm³/mol. The fourth-order valence-corrected chi connectivity index (χ4v) is 4.44. The molecule has 0 aromatic carbocycles. The molecule has 0 spiro atoms. The highest BCUT2D eigenvalue weighted by Crippen LogP contribution is 2.37. The molecule has 1 N–H and O–H groups in total. The van der Waals surface area contributed by atoms with Gasteiger partial charge in [0.15, 0.2) is 0 Å². The van der Waals surface area contributed by atoms with Gasteiger partial charge in [-0.2, -0.15) is 11.8 Å². The number of hydrogen-bond acceptors (Lipinski definition) is 2. The van der Waals surface area contributed by atoms with Crippen molar-refractivity contribution in [3.63, 3.8) is 0 Å². The lowest BCUT2D eigenvalue weighted by molar-refractivity contribution is 0.0919. The standard InChI is InChI=1S/C15H21BrN2OS/c1-20-14-5-3-2-4-12(14)17-15(19)13-8-10(16)9-18(13)11-6-7-11/h8-9,11-12,14H,2-7H2,1H3,(H,17,19). The van der Waals surface area contributed by atoms with E-state index >= 15 is 0 Å². The molecule has 1 heterocycles. The third kappa shape index (κ3) is 3.08. The number of carbonyl (C=O) groups excluding carboxylic acids is 1. The maximum atomic E-state index is 12.6. The molecule has 2 atom stereocenters. The first kappa shape index (κ1) is 14.5. The highest BCUT2D eigenvalue weighted by Gasteiger charge is 2.30. The monoisotopic (exact) mass is 356 g/mol. The normalized spacial score (nSPS) is 26.5. The van der Waals surface area contributed by atoms with Crippen LogP contribution in [-0.2, 0) is 0 Å². The third-order valence-corrected chi connectivity index (χ3v) is 5.91. The first-order valence-corrected chi connectivity index (χ1v) is 9.48. The number of amides is 1. The van der Waals surface area contributed by atoms with Gasteiger partial charge in [0.1, 0.15) is 5.69 Å². The Balaban J connectivity index is 1.72. The van der Waals surface area contributed by atoms with Crippen molar-refractivity contribution < 1.29 is 4.79 Å². The Morgan fingerprint density at radius 2 is 2.10 bits per heavy atom. The van der Waals surface area contributed by atoms with E-state index in [4.69, 9.17) is 0 Å². The van der Waals surface area contributed by atoms with E-state index in [1.165, 1.54) is 32.1 Å². The van der Waals surface area contributed by atoms with Crippen molar-refractivity contribution in [2.24, 2.45) is 0 Å². The van der Waals surface area contributed by atoms with E-state index in [2.05, 4.69) is 32.1 Å². The van der Waals surface area contributed by atoms with Crippen LogP contribution < -0.4 is 5.32 Å². The summed E-state index contributed by atoms with van der Waals surface area (Å²) < 4.78 is 3.13. The van der Waals surface area contributed by atoms with Gasteiger partial charge in [-0.3, -0.25) is 4.79 Å². The fourth-order valence-electron chi connectivity index (χ4n) is 3.07. The van der Waals surface area contributed by atoms with Gasteiger partial charge in [-0.25, -0.2) is 0 Å². The van der Waals surface area contributed by atoms with Crippen LogP contribution >= 0.6 is 27.7 Å². The van der Waals surface area contributed by atoms with Gasteiger partial charge >= 0.3 is 0 Å². The fraction of sp³-hybridized carbons (Fsp3) is 0.667. The molecule has 1 aromatic rings. The van der Waals surface area contributed by atoms with Gasteiger partial charge in [0, 0.05) is 28.0 Å². The molecule has 3 nitrogen and oxygen atoms in total. The van der Waals surface area contributed by atoms with Crippen molar-refractivity contribution in [3.8, 4) is 0 Å². The van der Waals surface area contributed by atoms with Crippen molar-refractivity contribution in [3.05, 3.63) is 22.4 Å². The van der Waals surface area contributed by atoms with E-state index in [-0.39, 0.29) is 5.91 Å². The zero-order valence-electron chi connectivity index (χ0n) is 11.8. The minimum absolute atomic E-state index is 0.0913. The molecular weight excluding hydrogens is 336 g/mol. The van der Waals surface area contributed by atoms with Crippen LogP contribution in [0, 0.1) is 0 Å². The van der Waals surface area contributed by atoms with Crippen LogP contribution in [0.1, 0.15) is 55.1 Å². The molecule has 2 fully saturated rings. The number of hydrogen-bond donors (Lipinski definition) is 1. The summed E-state index contributed by atoms with van der Waals surface area (Å²) in [5.74, 6) is 0.0913. The lowest BCUT2D eigenvalue weighted by atomic mass is 9.95. The van der Waals surface area contributed by atoms with Crippen LogP contribution in [-0.4, -0.2) is 28.0 Å². The Morgan fingerprint density at radius 3 is 2.80 bits per heavy atom. The number of nitrogens with zero attached hydrogens (tertiary/aromatic N) is 1. The van der Waals surface area contributed by atoms with Gasteiger partial charge in [-0.1, -0.05) is 12.8 Å². The Bertz CT molecular complexity index is 498. The van der Waals surface area contributed by atoms with Crippen molar-refractivity contribution in [2.75, 3.05) is 6.26 Å². The summed E-state index contributed by atoms with van der Waals surface area (Å²) in [5, 5.41) is 3.84. The maximum absolute atomic E-state index is 12.6. The summed E-state index contributed by atoms with van der Waals surface area (Å²) in [6.07, 6.45) is 11.4. The summed E-state index contributed by atoms with van der Waals surface area (Å²) in [4.78, 5) is 12.6. The molecule has 1 amide bonds. The number of halogens is 1. The van der Waals surface area contributed by atoms with Crippen molar-refractivity contribution >= 4 is 33.6 Å². The Morgan fingerprint density at radius 1 is 1.35 bits per heavy atom. The van der Waals surface area contributed by atoms with E-state index in [1.54, 1.807) is 0 Å². The van der Waals surface area contributed by atoms with Gasteiger partial charge in [-0.15, -0.1) is 0 Å². The van der Waals surface area contributed by atoms with Crippen LogP contribution in [0.15, 0.2) is 16.7 Å². The van der Waals surface area contributed by atoms with Crippen molar-refractivity contribution in [1.29, 1.82) is 0 Å². The molecule has 20 heavy (non-hydrogen) atoms. The number of carbonyl (C=O) groups is 1. The molecule has 2 unspecified atom stereocenters. The van der Waals surface area contributed by atoms with E-state index in [0.717, 1.165) is 16.6 Å². The summed E-state index contributed by atoms with van der Waals surface area (Å²) in [7, 11) is 0. The second-order valence-electron chi connectivity index (χ2n) is 5.82. The molecule has 1 aromatic heterocycles. The topological polar surface area (TPSA) is 34.0 Å². The molecule has 0 saturated heterocycles. The molecule has 110 valence electrons. The minimum Gasteiger partial charge on any atom is -0.347 e. The summed E-state index contributed by atoms with van der Waals surface area (Å²) in [5.41, 5.74) is 0.810. The highest BCUT2D eigenvalue weighted by atomic mass is 79.9. The molecule has 0 bridgehead atoms. The van der Waals surface area contributed by atoms with Crippen LogP contribution in [0.2, 0.25) is 0 Å². The van der Waals surface area contributed by atoms with Crippen LogP contribution in [0.25, 0.3) is 0 Å². The Kier molecular flexibility index (Phi) is 4.46. The largest absolute Gasteiger partial charge is 0.347 e. The van der Waals surface area contributed by atoms with Gasteiger partial charge in [0.05, 0.1) is 0 Å². The predicted octanol–water partition coefficient (Wildman–Crippen LogP) is 3.99. The second kappa shape index (κ2) is 6.14. The number of thioether (sulfide) groups is 1. The smallest absolute Gasteiger partial charge is 0.268 e. The molecular formula is C15H21BrN2OS. The zero-order chi connectivity index (χ0) is 14.1. The first-order valence-electron chi connectivity index (χ1n) is 7.40. The molecule has 2 saturated carbocycles. The zero-order valence-corrected chi connectivity index (χ0v) is 14.2. The highest BCUT2D eigenvalue weighted by molar-refractivity contribution is 9.10. The quantitative estimate of drug-likeness (QED) is 0.884. The summed E-state index contributed by atoms with van der Waals surface area (Å²) in [6.45, 7) is 0. The average molecular weight is 357 g/mol. The maximum Gasteiger partial charge on any atom is 0.268 e. The Labute approximate surface area is 133 Å². The van der Waals surface area contributed by atoms with Crippen molar-refractivity contribution in [2.45, 2.75) is 55.9 Å². The summed E-state index contributed by atoms with van der Waals surface area (Å²) >= 11 is 5.38. The van der Waals surface area contributed by atoms with Gasteiger partial charge in [0.25, 0.3) is 5.91 Å². The van der Waals surface area contributed by atoms with E-state index in [9.17, 15) is 4.79 Å². The minimum atomic E-state index is 0.0913. The Hall–Kier alpha value is -0.420. The molecule has 0 radical (unpaired) electrons. The van der Waals surface area contributed by atoms with Gasteiger partial charge in [-0.05, 0) is 53.9 Å². The number of rotatable bonds is 4. The van der Waals surface area contributed by atoms with Gasteiger partial charge in [0.2, 0.25) is 0 Å². The molecule has 2 aliphatic carbocycles. The average Bonchev–Trinajstić information content (AvgIpc) is 3.22. The number of aromatic nitrogens is 1. The lowest BCUT2D eigenvalue weighted by Gasteiger charge is -2.31. The SMILES string of the molecule is CSC1CCCCC1NC(=O)c1cc(Br)cn1C1CC1. The third-order valence-electron chi connectivity index (χ3n) is 4.31. The van der Waals surface area contributed by atoms with E-state index in [1.807, 2.05) is 24.0 Å². The first-order chi connectivity index (χ1) is 9.69. The molecule has 3 rings (SSSR count). The van der Waals surface area contributed by atoms with Crippen LogP contribution in [0.4, 0.5) is 0 Å². The molecule has 5 heteroatoms. The van der Waals surface area contributed by atoms with Crippen LogP contribution in [0.3, 0.4) is 0 Å². The van der Waals surface area contributed by atoms with E-state index in [0.29, 0.717) is 17.3 Å². The van der Waals surface area contributed by atoms with Gasteiger partial charge < -0.3 is 9.88 Å². The molecule has 0 aliphatic heterocycles. The van der Waals surface area contributed by atoms with Crippen molar-refractivity contribution in [1.82, 2.24) is 9.88 Å². The number of nitrogens with one attached hydrogen (secondary N) is 1. The second-order valence-corrected chi connectivity index (χ2v) is 7.81. The van der Waals surface area contributed by atoms with E-state index < -0.39 is 0 Å².